The van der Waals surface area contributed by atoms with Crippen LogP contribution in [0, 0.1) is 0 Å². The zero-order valence-electron chi connectivity index (χ0n) is 10.8. The van der Waals surface area contributed by atoms with E-state index < -0.39 is 0 Å². The van der Waals surface area contributed by atoms with Crippen molar-refractivity contribution < 1.29 is 4.74 Å². The van der Waals surface area contributed by atoms with Crippen LogP contribution in [0.4, 0.5) is 5.69 Å². The Bertz CT molecular complexity index is 474. The van der Waals surface area contributed by atoms with Gasteiger partial charge in [0.25, 0.3) is 0 Å². The molecular weight excluding hydrogens is 303 g/mol. The van der Waals surface area contributed by atoms with E-state index in [1.165, 1.54) is 0 Å². The highest BCUT2D eigenvalue weighted by molar-refractivity contribution is 7.80. The highest BCUT2D eigenvalue weighted by atomic mass is 35.5. The van der Waals surface area contributed by atoms with E-state index in [4.69, 9.17) is 40.2 Å². The molecular formula is C13H16Cl2N2OS. The van der Waals surface area contributed by atoms with Gasteiger partial charge >= 0.3 is 0 Å². The molecule has 104 valence electrons. The van der Waals surface area contributed by atoms with Crippen LogP contribution in [0.25, 0.3) is 0 Å². The van der Waals surface area contributed by atoms with Crippen LogP contribution in [-0.2, 0) is 4.74 Å². The van der Waals surface area contributed by atoms with Crippen molar-refractivity contribution in [1.29, 1.82) is 0 Å². The first-order valence-corrected chi connectivity index (χ1v) is 7.29. The Morgan fingerprint density at radius 3 is 2.58 bits per heavy atom. The van der Waals surface area contributed by atoms with Crippen molar-refractivity contribution >= 4 is 46.2 Å². The second-order valence-corrected chi connectivity index (χ2v) is 5.87. The third-order valence-corrected chi connectivity index (χ3v) is 4.08. The van der Waals surface area contributed by atoms with Gasteiger partial charge in [-0.3, -0.25) is 0 Å². The van der Waals surface area contributed by atoms with Crippen LogP contribution in [0.3, 0.4) is 0 Å². The van der Waals surface area contributed by atoms with E-state index in [9.17, 15) is 0 Å². The van der Waals surface area contributed by atoms with Crippen LogP contribution in [0.5, 0.6) is 0 Å². The normalized spacial score (nSPS) is 23.3. The molecule has 0 radical (unpaired) electrons. The summed E-state index contributed by atoms with van der Waals surface area (Å²) in [7, 11) is 0. The van der Waals surface area contributed by atoms with Crippen LogP contribution in [0.15, 0.2) is 18.2 Å². The molecule has 1 saturated heterocycles. The number of thiocarbonyl (C=S) groups is 1. The quantitative estimate of drug-likeness (QED) is 0.796. The Morgan fingerprint density at radius 2 is 1.95 bits per heavy atom. The zero-order chi connectivity index (χ0) is 14.0. The first-order valence-electron chi connectivity index (χ1n) is 6.12. The number of nitrogens with zero attached hydrogens (tertiary/aromatic N) is 1. The summed E-state index contributed by atoms with van der Waals surface area (Å²) in [5, 5.41) is 4.79. The summed E-state index contributed by atoms with van der Waals surface area (Å²) in [6.07, 6.45) is 0.330. The summed E-state index contributed by atoms with van der Waals surface area (Å²) in [6, 6.07) is 5.44. The molecule has 0 spiro atoms. The lowest BCUT2D eigenvalue weighted by atomic mass is 10.2. The predicted octanol–water partition coefficient (Wildman–Crippen LogP) is 3.80. The Labute approximate surface area is 128 Å². The van der Waals surface area contributed by atoms with Crippen LogP contribution in [0.1, 0.15) is 13.8 Å². The maximum atomic E-state index is 6.14. The van der Waals surface area contributed by atoms with Gasteiger partial charge in [-0.1, -0.05) is 29.3 Å². The summed E-state index contributed by atoms with van der Waals surface area (Å²) in [5.74, 6) is 0. The fourth-order valence-electron chi connectivity index (χ4n) is 2.14. The van der Waals surface area contributed by atoms with Gasteiger partial charge in [0.2, 0.25) is 0 Å². The molecule has 6 heteroatoms. The van der Waals surface area contributed by atoms with Crippen molar-refractivity contribution in [3.05, 3.63) is 28.2 Å². The molecule has 0 aliphatic carbocycles. The third kappa shape index (κ3) is 3.72. The smallest absolute Gasteiger partial charge is 0.173 e. The standard InChI is InChI=1S/C13H16Cl2N2OS/c1-8-6-17(7-9(2)18-8)13(19)16-11-5-3-4-10(14)12(11)15/h3-5,8-9H,6-7H2,1-2H3,(H,16,19)/t8-,9+. The van der Waals surface area contributed by atoms with E-state index in [0.29, 0.717) is 15.2 Å². The van der Waals surface area contributed by atoms with Gasteiger partial charge in [0, 0.05) is 13.1 Å². The predicted molar refractivity (Wildman–Crippen MR) is 84.3 cm³/mol. The molecule has 1 fully saturated rings. The first kappa shape index (κ1) is 14.9. The minimum absolute atomic E-state index is 0.165. The number of hydrogen-bond donors (Lipinski definition) is 1. The molecule has 0 amide bonds. The number of morpholine rings is 1. The molecule has 2 rings (SSSR count). The Kier molecular flexibility index (Phi) is 4.90. The van der Waals surface area contributed by atoms with Crippen molar-refractivity contribution in [2.75, 3.05) is 18.4 Å². The van der Waals surface area contributed by atoms with Gasteiger partial charge in [0.1, 0.15) is 0 Å². The molecule has 1 N–H and O–H groups in total. The number of halogens is 2. The summed E-state index contributed by atoms with van der Waals surface area (Å²) in [4.78, 5) is 2.09. The molecule has 2 atom stereocenters. The van der Waals surface area contributed by atoms with Crippen molar-refractivity contribution in [1.82, 2.24) is 4.90 Å². The average Bonchev–Trinajstić information content (AvgIpc) is 2.33. The number of benzene rings is 1. The Morgan fingerprint density at radius 1 is 1.32 bits per heavy atom. The number of anilines is 1. The lowest BCUT2D eigenvalue weighted by Gasteiger charge is -2.37. The second-order valence-electron chi connectivity index (χ2n) is 4.69. The molecule has 3 nitrogen and oxygen atoms in total. The summed E-state index contributed by atoms with van der Waals surface area (Å²) in [5.41, 5.74) is 0.728. The topological polar surface area (TPSA) is 24.5 Å². The summed E-state index contributed by atoms with van der Waals surface area (Å²) < 4.78 is 5.68. The molecule has 0 unspecified atom stereocenters. The van der Waals surface area contributed by atoms with Crippen molar-refractivity contribution in [3.8, 4) is 0 Å². The molecule has 1 aliphatic rings. The molecule has 1 aromatic carbocycles. The van der Waals surface area contributed by atoms with E-state index in [2.05, 4.69) is 10.2 Å². The molecule has 19 heavy (non-hydrogen) atoms. The van der Waals surface area contributed by atoms with Gasteiger partial charge in [-0.25, -0.2) is 0 Å². The third-order valence-electron chi connectivity index (χ3n) is 2.90. The van der Waals surface area contributed by atoms with E-state index in [1.807, 2.05) is 26.0 Å². The van der Waals surface area contributed by atoms with Crippen LogP contribution < -0.4 is 5.32 Å². The van der Waals surface area contributed by atoms with Gasteiger partial charge in [-0.15, -0.1) is 0 Å². The fraction of sp³-hybridized carbons (Fsp3) is 0.462. The second kappa shape index (κ2) is 6.27. The fourth-order valence-corrected chi connectivity index (χ4v) is 2.75. The molecule has 1 aromatic rings. The highest BCUT2D eigenvalue weighted by Gasteiger charge is 2.24. The molecule has 1 aliphatic heterocycles. The van der Waals surface area contributed by atoms with E-state index in [0.717, 1.165) is 18.8 Å². The molecule has 1 heterocycles. The minimum Gasteiger partial charge on any atom is -0.372 e. The number of rotatable bonds is 1. The lowest BCUT2D eigenvalue weighted by molar-refractivity contribution is -0.0473. The number of ether oxygens (including phenoxy) is 1. The van der Waals surface area contributed by atoms with Crippen LogP contribution >= 0.6 is 35.4 Å². The number of nitrogens with one attached hydrogen (secondary N) is 1. The maximum absolute atomic E-state index is 6.14. The van der Waals surface area contributed by atoms with Crippen molar-refractivity contribution in [2.24, 2.45) is 0 Å². The number of hydrogen-bond acceptors (Lipinski definition) is 2. The van der Waals surface area contributed by atoms with Crippen LogP contribution in [-0.4, -0.2) is 35.3 Å². The zero-order valence-corrected chi connectivity index (χ0v) is 13.1. The maximum Gasteiger partial charge on any atom is 0.173 e. The molecule has 0 bridgehead atoms. The van der Waals surface area contributed by atoms with Crippen molar-refractivity contribution in [2.45, 2.75) is 26.1 Å². The highest BCUT2D eigenvalue weighted by Crippen LogP contribution is 2.29. The van der Waals surface area contributed by atoms with Gasteiger partial charge < -0.3 is 15.0 Å². The largest absolute Gasteiger partial charge is 0.372 e. The summed E-state index contributed by atoms with van der Waals surface area (Å²) in [6.45, 7) is 5.62. The van der Waals surface area contributed by atoms with Gasteiger partial charge in [0.05, 0.1) is 27.9 Å². The minimum atomic E-state index is 0.165. The Hall–Kier alpha value is -0.550. The summed E-state index contributed by atoms with van der Waals surface area (Å²) >= 11 is 17.5. The van der Waals surface area contributed by atoms with Crippen LogP contribution in [0.2, 0.25) is 10.0 Å². The van der Waals surface area contributed by atoms with Gasteiger partial charge in [-0.2, -0.15) is 0 Å². The molecule has 0 aromatic heterocycles. The van der Waals surface area contributed by atoms with Crippen molar-refractivity contribution in [3.63, 3.8) is 0 Å². The van der Waals surface area contributed by atoms with Gasteiger partial charge in [0.15, 0.2) is 5.11 Å². The monoisotopic (exact) mass is 318 g/mol. The SMILES string of the molecule is C[C@@H]1CN(C(=S)Nc2cccc(Cl)c2Cl)C[C@H](C)O1. The van der Waals surface area contributed by atoms with Gasteiger partial charge in [-0.05, 0) is 38.2 Å². The Balaban J connectivity index is 2.06. The average molecular weight is 319 g/mol. The lowest BCUT2D eigenvalue weighted by Crippen LogP contribution is -2.49. The first-order chi connectivity index (χ1) is 8.97. The van der Waals surface area contributed by atoms with E-state index in [1.54, 1.807) is 6.07 Å². The van der Waals surface area contributed by atoms with E-state index >= 15 is 0 Å². The molecule has 0 saturated carbocycles. The van der Waals surface area contributed by atoms with E-state index in [-0.39, 0.29) is 12.2 Å².